The molecule has 1 aliphatic rings. The van der Waals surface area contributed by atoms with E-state index in [-0.39, 0.29) is 10.8 Å². The standard InChI is InChI=1S/C20H23ClN2O3S2/c1-15-13-17(8-9-19(15)23-11-4-7-20(23)24)28(25,26)22-10-12-27-14-16-5-2-3-6-18(16)21/h2-3,5-6,8-9,13,22H,4,7,10-12,14H2,1H3. The van der Waals surface area contributed by atoms with Gasteiger partial charge in [-0.15, -0.1) is 0 Å². The molecule has 2 aromatic carbocycles. The molecule has 0 bridgehead atoms. The van der Waals surface area contributed by atoms with E-state index in [9.17, 15) is 13.2 Å². The second-order valence-electron chi connectivity index (χ2n) is 6.64. The summed E-state index contributed by atoms with van der Waals surface area (Å²) in [6, 6.07) is 12.5. The smallest absolute Gasteiger partial charge is 0.240 e. The second-order valence-corrected chi connectivity index (χ2v) is 9.92. The number of thioether (sulfide) groups is 1. The third-order valence-corrected chi connectivity index (χ3v) is 7.43. The molecule has 0 unspecified atom stereocenters. The van der Waals surface area contributed by atoms with E-state index in [0.29, 0.717) is 25.3 Å². The minimum atomic E-state index is -3.58. The van der Waals surface area contributed by atoms with Crippen molar-refractivity contribution < 1.29 is 13.2 Å². The summed E-state index contributed by atoms with van der Waals surface area (Å²) in [4.78, 5) is 13.9. The Kier molecular flexibility index (Phi) is 7.04. The molecule has 1 fully saturated rings. The molecule has 3 rings (SSSR count). The van der Waals surface area contributed by atoms with Crippen molar-refractivity contribution in [1.82, 2.24) is 4.72 Å². The molecule has 0 aliphatic carbocycles. The highest BCUT2D eigenvalue weighted by molar-refractivity contribution is 7.98. The van der Waals surface area contributed by atoms with Crippen molar-refractivity contribution in [2.45, 2.75) is 30.4 Å². The fourth-order valence-corrected chi connectivity index (χ4v) is 5.52. The summed E-state index contributed by atoms with van der Waals surface area (Å²) in [5, 5.41) is 0.725. The van der Waals surface area contributed by atoms with Crippen LogP contribution in [-0.4, -0.2) is 33.2 Å². The number of aryl methyl sites for hydroxylation is 1. The molecular weight excluding hydrogens is 416 g/mol. The van der Waals surface area contributed by atoms with Gasteiger partial charge >= 0.3 is 0 Å². The first-order chi connectivity index (χ1) is 13.4. The lowest BCUT2D eigenvalue weighted by molar-refractivity contribution is -0.117. The van der Waals surface area contributed by atoms with E-state index in [2.05, 4.69) is 4.72 Å². The summed E-state index contributed by atoms with van der Waals surface area (Å²) < 4.78 is 27.7. The van der Waals surface area contributed by atoms with E-state index in [1.807, 2.05) is 31.2 Å². The first-order valence-corrected chi connectivity index (χ1v) is 12.1. The van der Waals surface area contributed by atoms with Crippen LogP contribution in [0.4, 0.5) is 5.69 Å². The minimum absolute atomic E-state index is 0.0902. The molecule has 0 aromatic heterocycles. The van der Waals surface area contributed by atoms with Gasteiger partial charge in [0.25, 0.3) is 0 Å². The van der Waals surface area contributed by atoms with Crippen LogP contribution in [0.3, 0.4) is 0 Å². The van der Waals surface area contributed by atoms with Crippen LogP contribution in [0.15, 0.2) is 47.4 Å². The zero-order chi connectivity index (χ0) is 20.1. The van der Waals surface area contributed by atoms with Crippen LogP contribution >= 0.6 is 23.4 Å². The molecule has 1 saturated heterocycles. The number of carbonyl (C=O) groups is 1. The van der Waals surface area contributed by atoms with Gasteiger partial charge in [0.1, 0.15) is 0 Å². The van der Waals surface area contributed by atoms with E-state index < -0.39 is 10.0 Å². The Morgan fingerprint density at radius 1 is 1.21 bits per heavy atom. The molecule has 1 aliphatic heterocycles. The Bertz CT molecular complexity index is 964. The van der Waals surface area contributed by atoms with Gasteiger partial charge in [-0.3, -0.25) is 4.79 Å². The van der Waals surface area contributed by atoms with E-state index in [0.717, 1.165) is 34.0 Å². The molecule has 0 spiro atoms. The topological polar surface area (TPSA) is 66.5 Å². The molecule has 0 saturated carbocycles. The summed E-state index contributed by atoms with van der Waals surface area (Å²) in [5.41, 5.74) is 2.61. The largest absolute Gasteiger partial charge is 0.312 e. The van der Waals surface area contributed by atoms with Crippen LogP contribution in [0, 0.1) is 6.92 Å². The van der Waals surface area contributed by atoms with Crippen molar-refractivity contribution in [1.29, 1.82) is 0 Å². The third kappa shape index (κ3) is 5.08. The van der Waals surface area contributed by atoms with Crippen LogP contribution in [-0.2, 0) is 20.6 Å². The molecule has 28 heavy (non-hydrogen) atoms. The van der Waals surface area contributed by atoms with Crippen LogP contribution in [0.25, 0.3) is 0 Å². The fourth-order valence-electron chi connectivity index (χ4n) is 3.13. The summed E-state index contributed by atoms with van der Waals surface area (Å²) in [5.74, 6) is 1.47. The minimum Gasteiger partial charge on any atom is -0.312 e. The van der Waals surface area contributed by atoms with Gasteiger partial charge < -0.3 is 4.90 Å². The molecule has 0 atom stereocenters. The maximum atomic E-state index is 12.5. The van der Waals surface area contributed by atoms with Gasteiger partial charge in [0.2, 0.25) is 15.9 Å². The summed E-state index contributed by atoms with van der Waals surface area (Å²) >= 11 is 7.75. The monoisotopic (exact) mass is 438 g/mol. The quantitative estimate of drug-likeness (QED) is 0.633. The molecule has 8 heteroatoms. The van der Waals surface area contributed by atoms with Gasteiger partial charge in [-0.2, -0.15) is 11.8 Å². The number of amides is 1. The number of nitrogens with zero attached hydrogens (tertiary/aromatic N) is 1. The van der Waals surface area contributed by atoms with Crippen molar-refractivity contribution >= 4 is 45.0 Å². The van der Waals surface area contributed by atoms with Gasteiger partial charge in [0.05, 0.1) is 4.90 Å². The molecule has 1 amide bonds. The highest BCUT2D eigenvalue weighted by atomic mass is 35.5. The number of benzene rings is 2. The Balaban J connectivity index is 1.55. The summed E-state index contributed by atoms with van der Waals surface area (Å²) in [6.45, 7) is 2.86. The lowest BCUT2D eigenvalue weighted by Crippen LogP contribution is -2.27. The van der Waals surface area contributed by atoms with Crippen molar-refractivity contribution in [2.24, 2.45) is 0 Å². The van der Waals surface area contributed by atoms with E-state index in [1.54, 1.807) is 34.9 Å². The number of hydrogen-bond acceptors (Lipinski definition) is 4. The van der Waals surface area contributed by atoms with Gasteiger partial charge in [0, 0.05) is 41.7 Å². The zero-order valence-corrected chi connectivity index (χ0v) is 18.0. The number of anilines is 1. The Morgan fingerprint density at radius 2 is 2.00 bits per heavy atom. The SMILES string of the molecule is Cc1cc(S(=O)(=O)NCCSCc2ccccc2Cl)ccc1N1CCCC1=O. The number of sulfonamides is 1. The summed E-state index contributed by atoms with van der Waals surface area (Å²) in [6.07, 6.45) is 1.39. The van der Waals surface area contributed by atoms with Crippen molar-refractivity contribution in [2.75, 3.05) is 23.7 Å². The van der Waals surface area contributed by atoms with Gasteiger partial charge in [0.15, 0.2) is 0 Å². The lowest BCUT2D eigenvalue weighted by Gasteiger charge is -2.19. The second kappa shape index (κ2) is 9.31. The number of carbonyl (C=O) groups excluding carboxylic acids is 1. The molecule has 5 nitrogen and oxygen atoms in total. The lowest BCUT2D eigenvalue weighted by atomic mass is 10.2. The fraction of sp³-hybridized carbons (Fsp3) is 0.350. The van der Waals surface area contributed by atoms with Crippen LogP contribution in [0.1, 0.15) is 24.0 Å². The molecular formula is C20H23ClN2O3S2. The van der Waals surface area contributed by atoms with Crippen molar-refractivity contribution in [3.05, 3.63) is 58.6 Å². The maximum Gasteiger partial charge on any atom is 0.240 e. The average Bonchev–Trinajstić information content (AvgIpc) is 3.08. The molecule has 1 heterocycles. The van der Waals surface area contributed by atoms with Gasteiger partial charge in [-0.1, -0.05) is 29.8 Å². The van der Waals surface area contributed by atoms with Crippen molar-refractivity contribution in [3.8, 4) is 0 Å². The van der Waals surface area contributed by atoms with Gasteiger partial charge in [-0.05, 0) is 48.7 Å². The van der Waals surface area contributed by atoms with Gasteiger partial charge in [-0.25, -0.2) is 13.1 Å². The third-order valence-electron chi connectivity index (χ3n) is 4.60. The number of nitrogens with one attached hydrogen (secondary N) is 1. The highest BCUT2D eigenvalue weighted by Crippen LogP contribution is 2.27. The predicted octanol–water partition coefficient (Wildman–Crippen LogP) is 3.99. The number of hydrogen-bond donors (Lipinski definition) is 1. The highest BCUT2D eigenvalue weighted by Gasteiger charge is 2.24. The Labute approximate surface area is 175 Å². The van der Waals surface area contributed by atoms with Crippen LogP contribution in [0.5, 0.6) is 0 Å². The molecule has 150 valence electrons. The van der Waals surface area contributed by atoms with E-state index >= 15 is 0 Å². The van der Waals surface area contributed by atoms with E-state index in [1.165, 1.54) is 0 Å². The number of halogens is 1. The number of rotatable bonds is 8. The molecule has 0 radical (unpaired) electrons. The van der Waals surface area contributed by atoms with Crippen LogP contribution in [0.2, 0.25) is 5.02 Å². The van der Waals surface area contributed by atoms with Crippen molar-refractivity contribution in [3.63, 3.8) is 0 Å². The Hall–Kier alpha value is -1.54. The van der Waals surface area contributed by atoms with E-state index in [4.69, 9.17) is 11.6 Å². The zero-order valence-electron chi connectivity index (χ0n) is 15.7. The Morgan fingerprint density at radius 3 is 2.68 bits per heavy atom. The predicted molar refractivity (Wildman–Crippen MR) is 116 cm³/mol. The first kappa shape index (κ1) is 21.2. The van der Waals surface area contributed by atoms with Crippen LogP contribution < -0.4 is 9.62 Å². The molecule has 1 N–H and O–H groups in total. The normalized spacial score (nSPS) is 14.6. The maximum absolute atomic E-state index is 12.5. The average molecular weight is 439 g/mol. The summed E-state index contributed by atoms with van der Waals surface area (Å²) in [7, 11) is -3.58. The first-order valence-electron chi connectivity index (χ1n) is 9.10. The molecule has 2 aromatic rings.